The zero-order chi connectivity index (χ0) is 16.3. The highest BCUT2D eigenvalue weighted by atomic mass is 16.5. The predicted octanol–water partition coefficient (Wildman–Crippen LogP) is 1.46. The Morgan fingerprint density at radius 2 is 1.09 bits per heavy atom. The lowest BCUT2D eigenvalue weighted by molar-refractivity contribution is 0.0858. The highest BCUT2D eigenvalue weighted by Crippen LogP contribution is 2.09. The smallest absolute Gasteiger partial charge is 0.119 e. The van der Waals surface area contributed by atoms with E-state index in [4.69, 9.17) is 9.47 Å². The largest absolute Gasteiger partial charge is 0.491 e. The Morgan fingerprint density at radius 3 is 1.48 bits per heavy atom. The average molecular weight is 317 g/mol. The summed E-state index contributed by atoms with van der Waals surface area (Å²) in [7, 11) is 0. The Hall–Kier alpha value is -2.08. The fourth-order valence-corrected chi connectivity index (χ4v) is 1.95. The molecule has 0 radical (unpaired) electrons. The quantitative estimate of drug-likeness (QED) is 0.619. The summed E-state index contributed by atoms with van der Waals surface area (Å²) in [6.45, 7) is 1.09. The molecule has 0 amide bonds. The number of rotatable bonds is 10. The van der Waals surface area contributed by atoms with Gasteiger partial charge in [0.25, 0.3) is 0 Å². The number of aliphatic hydroxyl groups excluding tert-OH is 2. The molecule has 0 saturated heterocycles. The van der Waals surface area contributed by atoms with E-state index >= 15 is 0 Å². The van der Waals surface area contributed by atoms with Crippen LogP contribution in [-0.4, -0.2) is 48.7 Å². The Bertz CT molecular complexity index is 486. The van der Waals surface area contributed by atoms with Crippen molar-refractivity contribution in [3.63, 3.8) is 0 Å². The van der Waals surface area contributed by atoms with Crippen molar-refractivity contribution in [1.82, 2.24) is 5.32 Å². The molecule has 0 aromatic heterocycles. The van der Waals surface area contributed by atoms with E-state index in [-0.39, 0.29) is 13.2 Å². The third-order valence-corrected chi connectivity index (χ3v) is 3.13. The SMILES string of the molecule is O[C@@H](CNC[C@H](O)COc1ccccc1)COc1ccccc1. The summed E-state index contributed by atoms with van der Waals surface area (Å²) in [5.41, 5.74) is 0. The second kappa shape index (κ2) is 9.84. The molecule has 2 atom stereocenters. The average Bonchev–Trinajstić information content (AvgIpc) is 2.60. The molecule has 0 unspecified atom stereocenters. The Kier molecular flexibility index (Phi) is 7.39. The number of hydrogen-bond acceptors (Lipinski definition) is 5. The van der Waals surface area contributed by atoms with Crippen LogP contribution in [0, 0.1) is 0 Å². The van der Waals surface area contributed by atoms with Gasteiger partial charge in [-0.1, -0.05) is 36.4 Å². The van der Waals surface area contributed by atoms with Crippen molar-refractivity contribution in [2.75, 3.05) is 26.3 Å². The van der Waals surface area contributed by atoms with E-state index in [1.165, 1.54) is 0 Å². The van der Waals surface area contributed by atoms with E-state index in [1.54, 1.807) is 0 Å². The standard InChI is InChI=1S/C18H23NO4/c20-15(13-22-17-7-3-1-4-8-17)11-19-12-16(21)14-23-18-9-5-2-6-10-18/h1-10,15-16,19-21H,11-14H2/t15-,16-/m0/s1. The molecular formula is C18H23NO4. The molecule has 0 saturated carbocycles. The minimum atomic E-state index is -0.641. The normalized spacial score (nSPS) is 13.3. The van der Waals surface area contributed by atoms with E-state index in [0.29, 0.717) is 13.1 Å². The molecule has 5 heteroatoms. The summed E-state index contributed by atoms with van der Waals surface area (Å²) in [5, 5.41) is 22.7. The van der Waals surface area contributed by atoms with Gasteiger partial charge in [0, 0.05) is 13.1 Å². The zero-order valence-electron chi connectivity index (χ0n) is 13.0. The molecule has 0 heterocycles. The van der Waals surface area contributed by atoms with Gasteiger partial charge in [0.2, 0.25) is 0 Å². The van der Waals surface area contributed by atoms with Crippen molar-refractivity contribution in [3.8, 4) is 11.5 Å². The Labute approximate surface area is 136 Å². The van der Waals surface area contributed by atoms with Crippen molar-refractivity contribution in [3.05, 3.63) is 60.7 Å². The van der Waals surface area contributed by atoms with Crippen LogP contribution in [0.25, 0.3) is 0 Å². The molecule has 2 rings (SSSR count). The van der Waals surface area contributed by atoms with Crippen LogP contribution in [0.4, 0.5) is 0 Å². The van der Waals surface area contributed by atoms with E-state index in [9.17, 15) is 10.2 Å². The molecule has 0 aliphatic carbocycles. The molecule has 0 spiro atoms. The molecule has 0 bridgehead atoms. The maximum Gasteiger partial charge on any atom is 0.119 e. The first-order valence-corrected chi connectivity index (χ1v) is 7.66. The number of hydrogen-bond donors (Lipinski definition) is 3. The second-order valence-electron chi connectivity index (χ2n) is 5.21. The van der Waals surface area contributed by atoms with Gasteiger partial charge in [0.1, 0.15) is 36.9 Å². The van der Waals surface area contributed by atoms with Gasteiger partial charge in [-0.15, -0.1) is 0 Å². The summed E-state index contributed by atoms with van der Waals surface area (Å²) >= 11 is 0. The summed E-state index contributed by atoms with van der Waals surface area (Å²) < 4.78 is 10.9. The van der Waals surface area contributed by atoms with Crippen LogP contribution in [0.5, 0.6) is 11.5 Å². The minimum Gasteiger partial charge on any atom is -0.491 e. The Balaban J connectivity index is 1.55. The third kappa shape index (κ3) is 7.15. The van der Waals surface area contributed by atoms with Crippen LogP contribution >= 0.6 is 0 Å². The Morgan fingerprint density at radius 1 is 0.696 bits per heavy atom. The van der Waals surface area contributed by atoms with Crippen LogP contribution in [0.15, 0.2) is 60.7 Å². The monoisotopic (exact) mass is 317 g/mol. The molecule has 0 aliphatic rings. The zero-order valence-corrected chi connectivity index (χ0v) is 13.0. The first-order valence-electron chi connectivity index (χ1n) is 7.66. The van der Waals surface area contributed by atoms with Crippen molar-refractivity contribution >= 4 is 0 Å². The fourth-order valence-electron chi connectivity index (χ4n) is 1.95. The lowest BCUT2D eigenvalue weighted by Crippen LogP contribution is -2.37. The van der Waals surface area contributed by atoms with Crippen molar-refractivity contribution < 1.29 is 19.7 Å². The van der Waals surface area contributed by atoms with Gasteiger partial charge in [-0.25, -0.2) is 0 Å². The number of para-hydroxylation sites is 2. The van der Waals surface area contributed by atoms with Crippen molar-refractivity contribution in [2.24, 2.45) is 0 Å². The third-order valence-electron chi connectivity index (χ3n) is 3.13. The van der Waals surface area contributed by atoms with Crippen LogP contribution in [-0.2, 0) is 0 Å². The lowest BCUT2D eigenvalue weighted by atomic mass is 10.3. The van der Waals surface area contributed by atoms with Crippen LogP contribution in [0.3, 0.4) is 0 Å². The van der Waals surface area contributed by atoms with Crippen LogP contribution in [0.2, 0.25) is 0 Å². The number of benzene rings is 2. The van der Waals surface area contributed by atoms with Crippen molar-refractivity contribution in [1.29, 1.82) is 0 Å². The molecule has 0 fully saturated rings. The van der Waals surface area contributed by atoms with E-state index < -0.39 is 12.2 Å². The van der Waals surface area contributed by atoms with Crippen LogP contribution in [0.1, 0.15) is 0 Å². The predicted molar refractivity (Wildman–Crippen MR) is 88.8 cm³/mol. The van der Waals surface area contributed by atoms with E-state index in [1.807, 2.05) is 60.7 Å². The number of ether oxygens (including phenoxy) is 2. The summed E-state index contributed by atoms with van der Waals surface area (Å²) in [6.07, 6.45) is -1.28. The topological polar surface area (TPSA) is 71.0 Å². The highest BCUT2D eigenvalue weighted by molar-refractivity contribution is 5.21. The molecule has 3 N–H and O–H groups in total. The van der Waals surface area contributed by atoms with E-state index in [0.717, 1.165) is 11.5 Å². The molecule has 124 valence electrons. The fraction of sp³-hybridized carbons (Fsp3) is 0.333. The van der Waals surface area contributed by atoms with Gasteiger partial charge in [0.05, 0.1) is 0 Å². The molecule has 2 aromatic carbocycles. The van der Waals surface area contributed by atoms with Gasteiger partial charge in [-0.05, 0) is 24.3 Å². The summed E-state index contributed by atoms with van der Waals surface area (Å²) in [4.78, 5) is 0. The maximum absolute atomic E-state index is 9.83. The summed E-state index contributed by atoms with van der Waals surface area (Å²) in [6, 6.07) is 18.7. The molecule has 23 heavy (non-hydrogen) atoms. The van der Waals surface area contributed by atoms with Crippen LogP contribution < -0.4 is 14.8 Å². The maximum atomic E-state index is 9.83. The van der Waals surface area contributed by atoms with Gasteiger partial charge in [-0.2, -0.15) is 0 Å². The molecular weight excluding hydrogens is 294 g/mol. The second-order valence-corrected chi connectivity index (χ2v) is 5.21. The van der Waals surface area contributed by atoms with Gasteiger partial charge in [0.15, 0.2) is 0 Å². The van der Waals surface area contributed by atoms with Gasteiger partial charge < -0.3 is 25.0 Å². The van der Waals surface area contributed by atoms with Crippen molar-refractivity contribution in [2.45, 2.75) is 12.2 Å². The van der Waals surface area contributed by atoms with E-state index in [2.05, 4.69) is 5.32 Å². The minimum absolute atomic E-state index is 0.202. The molecule has 2 aromatic rings. The molecule has 5 nitrogen and oxygen atoms in total. The first kappa shape index (κ1) is 17.3. The summed E-state index contributed by atoms with van der Waals surface area (Å²) in [5.74, 6) is 1.45. The first-order chi connectivity index (χ1) is 11.2. The van der Waals surface area contributed by atoms with Gasteiger partial charge in [-0.3, -0.25) is 0 Å². The lowest BCUT2D eigenvalue weighted by Gasteiger charge is -2.16. The number of aliphatic hydroxyl groups is 2. The highest BCUT2D eigenvalue weighted by Gasteiger charge is 2.08. The number of nitrogens with one attached hydrogen (secondary N) is 1. The molecule has 0 aliphatic heterocycles. The van der Waals surface area contributed by atoms with Gasteiger partial charge >= 0.3 is 0 Å².